The number of ether oxygens (including phenoxy) is 1. The highest BCUT2D eigenvalue weighted by Crippen LogP contribution is 2.26. The van der Waals surface area contributed by atoms with Gasteiger partial charge in [-0.15, -0.1) is 0 Å². The van der Waals surface area contributed by atoms with E-state index in [1.165, 1.54) is 0 Å². The number of ketones is 1. The molecular formula is C34H52INO5. The van der Waals surface area contributed by atoms with Gasteiger partial charge in [-0.3, -0.25) is 14.4 Å². The zero-order valence-corrected chi connectivity index (χ0v) is 28.2. The van der Waals surface area contributed by atoms with Gasteiger partial charge in [-0.2, -0.15) is 0 Å². The Balaban J connectivity index is 4.19. The number of hydrogen-bond acceptors (Lipinski definition) is 5. The molecule has 0 radical (unpaired) electrons. The summed E-state index contributed by atoms with van der Waals surface area (Å²) in [4.78, 5) is 36.9. The summed E-state index contributed by atoms with van der Waals surface area (Å²) in [5, 5.41) is 2.76. The van der Waals surface area contributed by atoms with Gasteiger partial charge in [0.25, 0.3) is 5.91 Å². The van der Waals surface area contributed by atoms with Crippen molar-refractivity contribution in [2.45, 2.75) is 99.0 Å². The van der Waals surface area contributed by atoms with Crippen LogP contribution in [0, 0.1) is 10.8 Å². The fraction of sp³-hybridized carbons (Fsp3) is 0.559. The highest BCUT2D eigenvalue weighted by molar-refractivity contribution is 14.1. The highest BCUT2D eigenvalue weighted by Gasteiger charge is 2.37. The first kappa shape index (κ1) is 38.7. The monoisotopic (exact) mass is 681 g/mol. The maximum Gasteiger partial charge on any atom is 0.309 e. The van der Waals surface area contributed by atoms with Crippen LogP contribution in [0.5, 0.6) is 0 Å². The zero-order chi connectivity index (χ0) is 31.0. The number of allylic oxidation sites excluding steroid dienone is 11. The Kier molecular flexibility index (Phi) is 22.0. The van der Waals surface area contributed by atoms with Crippen molar-refractivity contribution in [3.63, 3.8) is 0 Å². The second-order valence-electron chi connectivity index (χ2n) is 11.5. The van der Waals surface area contributed by atoms with Crippen molar-refractivity contribution in [2.75, 3.05) is 13.2 Å². The van der Waals surface area contributed by atoms with Crippen molar-refractivity contribution >= 4 is 40.7 Å². The van der Waals surface area contributed by atoms with Gasteiger partial charge in [0, 0.05) is 23.8 Å². The van der Waals surface area contributed by atoms with Crippen LogP contribution in [-0.2, 0) is 22.2 Å². The lowest BCUT2D eigenvalue weighted by Crippen LogP contribution is -2.47. The van der Waals surface area contributed by atoms with E-state index in [1.54, 1.807) is 42.9 Å². The molecule has 7 heteroatoms. The molecule has 1 amide bonds. The van der Waals surface area contributed by atoms with Crippen LogP contribution >= 0.6 is 23.0 Å². The molecular weight excluding hydrogens is 629 g/mol. The van der Waals surface area contributed by atoms with E-state index >= 15 is 0 Å². The molecule has 1 N–H and O–H groups in total. The SMILES string of the molecule is CC/C=C\C/C=C\C/C=C\C/C=C\C/C=C\C/C=C\CC(=O)OCC(C)(C)[C@@H](OI)C(=O)NCCC(=O)C(C)(C)C. The molecule has 0 saturated carbocycles. The van der Waals surface area contributed by atoms with E-state index in [0.717, 1.165) is 38.5 Å². The quantitative estimate of drug-likeness (QED) is 0.0747. The number of carbonyl (C=O) groups is 3. The number of carbonyl (C=O) groups excluding carboxylic acids is 3. The minimum atomic E-state index is -0.827. The summed E-state index contributed by atoms with van der Waals surface area (Å²) in [5.41, 5.74) is -1.19. The topological polar surface area (TPSA) is 81.7 Å². The van der Waals surface area contributed by atoms with Gasteiger partial charge in [0.15, 0.2) is 6.10 Å². The van der Waals surface area contributed by atoms with Crippen molar-refractivity contribution in [1.29, 1.82) is 0 Å². The molecule has 0 aromatic heterocycles. The number of rotatable bonds is 21. The van der Waals surface area contributed by atoms with E-state index in [0.29, 0.717) is 0 Å². The molecule has 0 aliphatic carbocycles. The summed E-state index contributed by atoms with van der Waals surface area (Å²) < 4.78 is 10.8. The Morgan fingerprint density at radius 1 is 0.732 bits per heavy atom. The fourth-order valence-corrected chi connectivity index (χ4v) is 4.30. The maximum absolute atomic E-state index is 12.6. The predicted molar refractivity (Wildman–Crippen MR) is 179 cm³/mol. The predicted octanol–water partition coefficient (Wildman–Crippen LogP) is 8.50. The lowest BCUT2D eigenvalue weighted by atomic mass is 9.86. The second kappa shape index (κ2) is 23.3. The number of nitrogens with one attached hydrogen (secondary N) is 1. The number of esters is 1. The molecule has 41 heavy (non-hydrogen) atoms. The van der Waals surface area contributed by atoms with Crippen LogP contribution in [0.4, 0.5) is 0 Å². The third-order valence-corrected chi connectivity index (χ3v) is 6.52. The van der Waals surface area contributed by atoms with E-state index < -0.39 is 16.9 Å². The first-order chi connectivity index (χ1) is 19.5. The smallest absolute Gasteiger partial charge is 0.309 e. The normalized spacial score (nSPS) is 13.9. The van der Waals surface area contributed by atoms with Crippen LogP contribution in [0.25, 0.3) is 0 Å². The van der Waals surface area contributed by atoms with Crippen molar-refractivity contribution < 1.29 is 22.2 Å². The summed E-state index contributed by atoms with van der Waals surface area (Å²) in [6, 6.07) is 0. The molecule has 230 valence electrons. The molecule has 0 rings (SSSR count). The average Bonchev–Trinajstić information content (AvgIpc) is 2.91. The molecule has 0 saturated heterocycles. The molecule has 0 aromatic carbocycles. The van der Waals surface area contributed by atoms with Crippen molar-refractivity contribution in [3.05, 3.63) is 72.9 Å². The van der Waals surface area contributed by atoms with Gasteiger partial charge in [0.1, 0.15) is 28.8 Å². The van der Waals surface area contributed by atoms with Gasteiger partial charge in [-0.05, 0) is 38.5 Å². The fourth-order valence-electron chi connectivity index (χ4n) is 3.39. The van der Waals surface area contributed by atoms with Crippen LogP contribution in [0.1, 0.15) is 92.9 Å². The summed E-state index contributed by atoms with van der Waals surface area (Å²) in [7, 11) is 0. The van der Waals surface area contributed by atoms with Gasteiger partial charge >= 0.3 is 5.97 Å². The Morgan fingerprint density at radius 2 is 1.17 bits per heavy atom. The molecule has 1 atom stereocenters. The van der Waals surface area contributed by atoms with Gasteiger partial charge in [0.05, 0.1) is 13.0 Å². The Labute approximate surface area is 263 Å². The van der Waals surface area contributed by atoms with E-state index in [1.807, 2.05) is 26.8 Å². The first-order valence-electron chi connectivity index (χ1n) is 14.6. The third-order valence-electron chi connectivity index (χ3n) is 6.01. The largest absolute Gasteiger partial charge is 0.465 e. The third kappa shape index (κ3) is 21.2. The van der Waals surface area contributed by atoms with Crippen molar-refractivity contribution in [1.82, 2.24) is 5.32 Å². The maximum atomic E-state index is 12.6. The number of amides is 1. The second-order valence-corrected chi connectivity index (χ2v) is 12.0. The first-order valence-corrected chi connectivity index (χ1v) is 15.5. The number of halogens is 1. The molecule has 0 unspecified atom stereocenters. The highest BCUT2D eigenvalue weighted by atomic mass is 127. The van der Waals surface area contributed by atoms with Gasteiger partial charge < -0.3 is 13.1 Å². The van der Waals surface area contributed by atoms with E-state index in [-0.39, 0.29) is 43.7 Å². The van der Waals surface area contributed by atoms with E-state index in [2.05, 4.69) is 73.0 Å². The van der Waals surface area contributed by atoms with Crippen LogP contribution in [0.2, 0.25) is 0 Å². The summed E-state index contributed by atoms with van der Waals surface area (Å²) in [6.07, 6.45) is 30.5. The molecule has 0 bridgehead atoms. The molecule has 0 spiro atoms. The Hall–Kier alpha value is -2.26. The minimum Gasteiger partial charge on any atom is -0.465 e. The average molecular weight is 682 g/mol. The molecule has 0 aliphatic heterocycles. The molecule has 0 fully saturated rings. The van der Waals surface area contributed by atoms with E-state index in [4.69, 9.17) is 7.80 Å². The summed E-state index contributed by atoms with van der Waals surface area (Å²) >= 11 is 1.69. The Morgan fingerprint density at radius 3 is 1.59 bits per heavy atom. The van der Waals surface area contributed by atoms with Gasteiger partial charge in [0.2, 0.25) is 0 Å². The minimum absolute atomic E-state index is 0.0381. The van der Waals surface area contributed by atoms with Gasteiger partial charge in [-0.25, -0.2) is 0 Å². The standard InChI is InChI=1S/C34H52INO5/c1-7-8-9-10-11-12-13-14-15-16-17-18-19-20-21-22-23-24-25-30(38)40-28-34(5,6)31(41-35)32(39)36-27-26-29(37)33(2,3)4/h8-9,11-12,14-15,17-18,20-21,23-24,31H,7,10,13,16,19,22,25-28H2,1-6H3,(H,36,39)/b9-8-,12-11-,15-14-,18-17-,21-20-,24-23-/t31-/m0/s1. The van der Waals surface area contributed by atoms with Crippen LogP contribution in [0.15, 0.2) is 72.9 Å². The van der Waals surface area contributed by atoms with Crippen LogP contribution in [0.3, 0.4) is 0 Å². The lowest BCUT2D eigenvalue weighted by molar-refractivity contribution is -0.150. The number of hydrogen-bond donors (Lipinski definition) is 1. The summed E-state index contributed by atoms with van der Waals surface area (Å²) in [5.74, 6) is -0.618. The van der Waals surface area contributed by atoms with Crippen molar-refractivity contribution in [3.8, 4) is 0 Å². The van der Waals surface area contributed by atoms with Gasteiger partial charge in [-0.1, -0.05) is 114 Å². The zero-order valence-electron chi connectivity index (χ0n) is 26.0. The molecule has 0 heterocycles. The number of Topliss-reactive ketones (excluding diaryl/α,β-unsaturated/α-hetero) is 1. The molecule has 6 nitrogen and oxygen atoms in total. The van der Waals surface area contributed by atoms with Crippen LogP contribution in [-0.4, -0.2) is 36.9 Å². The molecule has 0 aromatic rings. The summed E-state index contributed by atoms with van der Waals surface area (Å²) in [6.45, 7) is 11.6. The molecule has 0 aliphatic rings. The van der Waals surface area contributed by atoms with Crippen LogP contribution < -0.4 is 5.32 Å². The van der Waals surface area contributed by atoms with E-state index in [9.17, 15) is 14.4 Å². The van der Waals surface area contributed by atoms with Crippen molar-refractivity contribution in [2.24, 2.45) is 10.8 Å². The Bertz CT molecular complexity index is 935. The lowest BCUT2D eigenvalue weighted by Gasteiger charge is -2.30.